The van der Waals surface area contributed by atoms with Crippen LogP contribution in [0, 0.1) is 6.92 Å². The molecule has 1 N–H and O–H groups in total. The van der Waals surface area contributed by atoms with Crippen LogP contribution in [0.15, 0.2) is 23.1 Å². The first-order chi connectivity index (χ1) is 8.47. The molecule has 18 heavy (non-hydrogen) atoms. The largest absolute Gasteiger partial charge is 0.477 e. The van der Waals surface area contributed by atoms with Crippen LogP contribution in [-0.4, -0.2) is 20.6 Å². The molecular formula is C11H9ClN2O3S. The van der Waals surface area contributed by atoms with E-state index in [1.54, 1.807) is 6.92 Å². The zero-order valence-corrected chi connectivity index (χ0v) is 11.0. The number of carboxylic acids is 1. The van der Waals surface area contributed by atoms with Gasteiger partial charge in [-0.15, -0.1) is 11.3 Å². The summed E-state index contributed by atoms with van der Waals surface area (Å²) >= 11 is 6.86. The van der Waals surface area contributed by atoms with E-state index >= 15 is 0 Å². The first-order valence-corrected chi connectivity index (χ1v) is 6.22. The molecule has 0 fully saturated rings. The van der Waals surface area contributed by atoms with Crippen LogP contribution in [0.25, 0.3) is 0 Å². The fourth-order valence-corrected chi connectivity index (χ4v) is 2.57. The molecule has 0 saturated heterocycles. The van der Waals surface area contributed by atoms with E-state index in [9.17, 15) is 9.59 Å². The van der Waals surface area contributed by atoms with Crippen LogP contribution < -0.4 is 5.56 Å². The van der Waals surface area contributed by atoms with Crippen molar-refractivity contribution >= 4 is 28.9 Å². The van der Waals surface area contributed by atoms with E-state index in [1.165, 1.54) is 22.9 Å². The van der Waals surface area contributed by atoms with Crippen LogP contribution in [0.4, 0.5) is 0 Å². The Morgan fingerprint density at radius 1 is 1.56 bits per heavy atom. The van der Waals surface area contributed by atoms with Crippen LogP contribution in [-0.2, 0) is 6.54 Å². The Balaban J connectivity index is 2.34. The molecule has 0 spiro atoms. The molecule has 0 aromatic carbocycles. The molecule has 0 radical (unpaired) electrons. The van der Waals surface area contributed by atoms with E-state index in [4.69, 9.17) is 16.7 Å². The first kappa shape index (κ1) is 12.8. The molecule has 0 saturated carbocycles. The van der Waals surface area contributed by atoms with Crippen molar-refractivity contribution in [1.82, 2.24) is 9.55 Å². The first-order valence-electron chi connectivity index (χ1n) is 5.03. The molecule has 2 aromatic rings. The van der Waals surface area contributed by atoms with Crippen LogP contribution in [0.2, 0.25) is 5.02 Å². The van der Waals surface area contributed by atoms with Gasteiger partial charge in [0.25, 0.3) is 5.56 Å². The molecule has 2 rings (SSSR count). The van der Waals surface area contributed by atoms with Crippen molar-refractivity contribution in [2.75, 3.05) is 0 Å². The Hall–Kier alpha value is -1.66. The Morgan fingerprint density at radius 3 is 2.89 bits per heavy atom. The number of thiazole rings is 1. The van der Waals surface area contributed by atoms with Gasteiger partial charge in [0.1, 0.15) is 9.88 Å². The number of aromatic nitrogens is 2. The van der Waals surface area contributed by atoms with Crippen molar-refractivity contribution in [3.05, 3.63) is 49.3 Å². The standard InChI is InChI=1S/C11H9ClN2O3S/c1-6-10(11(16)17)18-8(13-6)5-14-4-7(12)2-3-9(14)15/h2-4H,5H2,1H3,(H,16,17). The number of halogens is 1. The second-order valence-corrected chi connectivity index (χ2v) is 5.16. The molecular weight excluding hydrogens is 276 g/mol. The fraction of sp³-hybridized carbons (Fsp3) is 0.182. The monoisotopic (exact) mass is 284 g/mol. The predicted molar refractivity (Wildman–Crippen MR) is 68.6 cm³/mol. The highest BCUT2D eigenvalue weighted by atomic mass is 35.5. The van der Waals surface area contributed by atoms with Gasteiger partial charge in [0.2, 0.25) is 0 Å². The van der Waals surface area contributed by atoms with Crippen molar-refractivity contribution in [2.45, 2.75) is 13.5 Å². The molecule has 0 aliphatic heterocycles. The third-order valence-electron chi connectivity index (χ3n) is 2.29. The Bertz CT molecular complexity index is 663. The summed E-state index contributed by atoms with van der Waals surface area (Å²) in [5.74, 6) is -1.00. The lowest BCUT2D eigenvalue weighted by atomic mass is 10.4. The van der Waals surface area contributed by atoms with Crippen molar-refractivity contribution in [1.29, 1.82) is 0 Å². The molecule has 2 heterocycles. The molecule has 2 aromatic heterocycles. The quantitative estimate of drug-likeness (QED) is 0.936. The van der Waals surface area contributed by atoms with Gasteiger partial charge in [-0.3, -0.25) is 4.79 Å². The van der Waals surface area contributed by atoms with E-state index in [2.05, 4.69) is 4.98 Å². The third-order valence-corrected chi connectivity index (χ3v) is 3.64. The predicted octanol–water partition coefficient (Wildman–Crippen LogP) is 2.01. The number of pyridine rings is 1. The molecule has 7 heteroatoms. The van der Waals surface area contributed by atoms with Gasteiger partial charge >= 0.3 is 5.97 Å². The highest BCUT2D eigenvalue weighted by Gasteiger charge is 2.14. The lowest BCUT2D eigenvalue weighted by Gasteiger charge is -2.02. The smallest absolute Gasteiger partial charge is 0.347 e. The second kappa shape index (κ2) is 4.91. The summed E-state index contributed by atoms with van der Waals surface area (Å²) in [5, 5.41) is 9.93. The molecule has 94 valence electrons. The number of carbonyl (C=O) groups is 1. The van der Waals surface area contributed by atoms with E-state index in [-0.39, 0.29) is 17.0 Å². The molecule has 0 unspecified atom stereocenters. The van der Waals surface area contributed by atoms with Gasteiger partial charge in [-0.05, 0) is 13.0 Å². The summed E-state index contributed by atoms with van der Waals surface area (Å²) in [6, 6.07) is 2.87. The van der Waals surface area contributed by atoms with E-state index in [0.717, 1.165) is 11.3 Å². The van der Waals surface area contributed by atoms with E-state index < -0.39 is 5.97 Å². The number of hydrogen-bond donors (Lipinski definition) is 1. The van der Waals surface area contributed by atoms with Gasteiger partial charge in [-0.25, -0.2) is 9.78 Å². The van der Waals surface area contributed by atoms with E-state index in [1.807, 2.05) is 0 Å². The van der Waals surface area contributed by atoms with Crippen LogP contribution in [0.1, 0.15) is 20.4 Å². The average Bonchev–Trinajstić information content (AvgIpc) is 2.65. The zero-order chi connectivity index (χ0) is 13.3. The van der Waals surface area contributed by atoms with Gasteiger partial charge in [0.15, 0.2) is 0 Å². The Kier molecular flexibility index (Phi) is 3.49. The third kappa shape index (κ3) is 2.60. The lowest BCUT2D eigenvalue weighted by molar-refractivity contribution is 0.0701. The van der Waals surface area contributed by atoms with Gasteiger partial charge in [0, 0.05) is 12.3 Å². The van der Waals surface area contributed by atoms with Crippen molar-refractivity contribution in [2.24, 2.45) is 0 Å². The number of nitrogens with zero attached hydrogens (tertiary/aromatic N) is 2. The van der Waals surface area contributed by atoms with Crippen LogP contribution >= 0.6 is 22.9 Å². The molecule has 0 bridgehead atoms. The van der Waals surface area contributed by atoms with Crippen molar-refractivity contribution < 1.29 is 9.90 Å². The number of carboxylic acid groups (broad SMARTS) is 1. The summed E-state index contributed by atoms with van der Waals surface area (Å²) in [5.41, 5.74) is 0.252. The number of rotatable bonds is 3. The summed E-state index contributed by atoms with van der Waals surface area (Å²) in [6.45, 7) is 1.85. The highest BCUT2D eigenvalue weighted by molar-refractivity contribution is 7.13. The maximum absolute atomic E-state index is 11.6. The maximum Gasteiger partial charge on any atom is 0.347 e. The minimum absolute atomic E-state index is 0.195. The summed E-state index contributed by atoms with van der Waals surface area (Å²) in [4.78, 5) is 26.8. The molecule has 0 amide bonds. The SMILES string of the molecule is Cc1nc(Cn2cc(Cl)ccc2=O)sc1C(=O)O. The van der Waals surface area contributed by atoms with Crippen molar-refractivity contribution in [3.63, 3.8) is 0 Å². The molecule has 5 nitrogen and oxygen atoms in total. The average molecular weight is 285 g/mol. The summed E-state index contributed by atoms with van der Waals surface area (Å²) in [7, 11) is 0. The maximum atomic E-state index is 11.6. The minimum Gasteiger partial charge on any atom is -0.477 e. The second-order valence-electron chi connectivity index (χ2n) is 3.64. The lowest BCUT2D eigenvalue weighted by Crippen LogP contribution is -2.18. The Labute approximate surface area is 111 Å². The van der Waals surface area contributed by atoms with Gasteiger partial charge in [-0.1, -0.05) is 11.6 Å². The topological polar surface area (TPSA) is 72.2 Å². The molecule has 0 atom stereocenters. The highest BCUT2D eigenvalue weighted by Crippen LogP contribution is 2.18. The molecule has 0 aliphatic rings. The fourth-order valence-electron chi connectivity index (χ4n) is 1.49. The van der Waals surface area contributed by atoms with Gasteiger partial charge in [0.05, 0.1) is 17.3 Å². The zero-order valence-electron chi connectivity index (χ0n) is 9.38. The normalized spacial score (nSPS) is 10.6. The number of aryl methyl sites for hydroxylation is 1. The summed E-state index contributed by atoms with van der Waals surface area (Å²) < 4.78 is 1.40. The van der Waals surface area contributed by atoms with Gasteiger partial charge in [-0.2, -0.15) is 0 Å². The van der Waals surface area contributed by atoms with Crippen LogP contribution in [0.3, 0.4) is 0 Å². The summed E-state index contributed by atoms with van der Waals surface area (Å²) in [6.07, 6.45) is 1.50. The minimum atomic E-state index is -1.00. The molecule has 0 aliphatic carbocycles. The van der Waals surface area contributed by atoms with Gasteiger partial charge < -0.3 is 9.67 Å². The van der Waals surface area contributed by atoms with Crippen LogP contribution in [0.5, 0.6) is 0 Å². The number of hydrogen-bond acceptors (Lipinski definition) is 4. The van der Waals surface area contributed by atoms with E-state index in [0.29, 0.717) is 15.7 Å². The Morgan fingerprint density at radius 2 is 2.28 bits per heavy atom. The number of aromatic carboxylic acids is 1. The van der Waals surface area contributed by atoms with Crippen molar-refractivity contribution in [3.8, 4) is 0 Å².